The Hall–Kier alpha value is -3.28. The van der Waals surface area contributed by atoms with Gasteiger partial charge in [-0.2, -0.15) is 0 Å². The number of ether oxygens (including phenoxy) is 1. The topological polar surface area (TPSA) is 154 Å². The van der Waals surface area contributed by atoms with Crippen LogP contribution < -0.4 is 10.1 Å². The summed E-state index contributed by atoms with van der Waals surface area (Å²) in [5.74, 6) is -1.61. The number of nitrogens with one attached hydrogen (secondary N) is 1. The Bertz CT molecular complexity index is 780. The van der Waals surface area contributed by atoms with Gasteiger partial charge >= 0.3 is 5.69 Å². The molecular weight excluding hydrogens is 400 g/mol. The summed E-state index contributed by atoms with van der Waals surface area (Å²) in [6, 6.07) is 2.10. The van der Waals surface area contributed by atoms with Crippen molar-refractivity contribution in [2.45, 2.75) is 33.6 Å². The quantitative estimate of drug-likeness (QED) is 0.243. The third kappa shape index (κ3) is 6.65. The summed E-state index contributed by atoms with van der Waals surface area (Å²) in [6.45, 7) is 7.64. The fourth-order valence-electron chi connectivity index (χ4n) is 2.61. The lowest BCUT2D eigenvalue weighted by Gasteiger charge is -2.12. The highest BCUT2D eigenvalue weighted by Crippen LogP contribution is 2.34. The van der Waals surface area contributed by atoms with Gasteiger partial charge in [0.2, 0.25) is 0 Å². The largest absolute Gasteiger partial charge is 0.487 e. The Morgan fingerprint density at radius 2 is 1.57 bits per heavy atom. The Labute approximate surface area is 173 Å². The van der Waals surface area contributed by atoms with Crippen LogP contribution in [0.4, 0.5) is 5.69 Å². The van der Waals surface area contributed by atoms with E-state index in [9.17, 15) is 29.8 Å². The molecule has 1 heterocycles. The van der Waals surface area contributed by atoms with Crippen LogP contribution in [-0.4, -0.2) is 59.6 Å². The fraction of sp³-hybridized carbons (Fsp3) is 0.556. The van der Waals surface area contributed by atoms with Gasteiger partial charge in [-0.3, -0.25) is 24.6 Å². The number of imide groups is 1. The predicted octanol–water partition coefficient (Wildman–Crippen LogP) is 2.19. The minimum atomic E-state index is -1.05. The van der Waals surface area contributed by atoms with Gasteiger partial charge in [0, 0.05) is 12.1 Å². The molecule has 0 spiro atoms. The van der Waals surface area contributed by atoms with Gasteiger partial charge in [-0.25, -0.2) is 0 Å². The highest BCUT2D eigenvalue weighted by atomic mass is 16.9. The SMILES string of the molecule is CCCNCCC.CCOc1cc2c(cc1[N+](=O)[O-])C(=O)N(CCO[N+](=O)[O-])C2=O. The molecule has 0 saturated carbocycles. The van der Waals surface area contributed by atoms with Crippen LogP contribution in [0.2, 0.25) is 0 Å². The average molecular weight is 426 g/mol. The lowest BCUT2D eigenvalue weighted by molar-refractivity contribution is -0.757. The Kier molecular flexibility index (Phi) is 10.2. The second-order valence-electron chi connectivity index (χ2n) is 6.12. The molecular formula is C18H26N4O8. The van der Waals surface area contributed by atoms with E-state index in [2.05, 4.69) is 24.0 Å². The minimum absolute atomic E-state index is 0.0508. The fourth-order valence-corrected chi connectivity index (χ4v) is 2.61. The number of rotatable bonds is 11. The van der Waals surface area contributed by atoms with E-state index in [1.165, 1.54) is 25.9 Å². The van der Waals surface area contributed by atoms with Crippen molar-refractivity contribution in [1.82, 2.24) is 10.2 Å². The van der Waals surface area contributed by atoms with Gasteiger partial charge in [0.25, 0.3) is 16.9 Å². The van der Waals surface area contributed by atoms with Gasteiger partial charge in [-0.05, 0) is 32.9 Å². The summed E-state index contributed by atoms with van der Waals surface area (Å²) in [5.41, 5.74) is -0.633. The molecule has 0 radical (unpaired) electrons. The molecule has 2 rings (SSSR count). The molecule has 1 aromatic rings. The van der Waals surface area contributed by atoms with Crippen molar-refractivity contribution in [2.24, 2.45) is 0 Å². The lowest BCUT2D eigenvalue weighted by atomic mass is 10.1. The molecule has 0 unspecified atom stereocenters. The number of hydrogen-bond acceptors (Lipinski definition) is 9. The third-order valence-electron chi connectivity index (χ3n) is 3.91. The van der Waals surface area contributed by atoms with Crippen LogP contribution in [-0.2, 0) is 4.84 Å². The van der Waals surface area contributed by atoms with Crippen LogP contribution in [0.15, 0.2) is 12.1 Å². The summed E-state index contributed by atoms with van der Waals surface area (Å²) >= 11 is 0. The number of nitrogens with zero attached hydrogens (tertiary/aromatic N) is 3. The molecule has 1 aromatic carbocycles. The molecule has 1 aliphatic rings. The highest BCUT2D eigenvalue weighted by Gasteiger charge is 2.38. The maximum Gasteiger partial charge on any atom is 0.311 e. The number of fused-ring (bicyclic) bond motifs is 1. The second kappa shape index (κ2) is 12.3. The zero-order valence-corrected chi connectivity index (χ0v) is 17.2. The van der Waals surface area contributed by atoms with E-state index in [1.807, 2.05) is 0 Å². The first-order chi connectivity index (χ1) is 14.3. The van der Waals surface area contributed by atoms with Crippen LogP contribution >= 0.6 is 0 Å². The first kappa shape index (κ1) is 24.8. The first-order valence-corrected chi connectivity index (χ1v) is 9.57. The minimum Gasteiger partial charge on any atom is -0.487 e. The first-order valence-electron chi connectivity index (χ1n) is 9.57. The Balaban J connectivity index is 0.000000553. The molecule has 2 amide bonds. The number of carbonyl (C=O) groups excluding carboxylic acids is 2. The van der Waals surface area contributed by atoms with Gasteiger partial charge in [0.05, 0.1) is 29.2 Å². The van der Waals surface area contributed by atoms with Crippen LogP contribution in [0.1, 0.15) is 54.3 Å². The molecule has 0 bridgehead atoms. The molecule has 0 saturated heterocycles. The van der Waals surface area contributed by atoms with Gasteiger partial charge < -0.3 is 14.9 Å². The molecule has 0 atom stereocenters. The maximum atomic E-state index is 12.2. The lowest BCUT2D eigenvalue weighted by Crippen LogP contribution is -2.33. The number of hydrogen-bond donors (Lipinski definition) is 1. The van der Waals surface area contributed by atoms with Crippen molar-refractivity contribution in [3.63, 3.8) is 0 Å². The molecule has 1 N–H and O–H groups in total. The van der Waals surface area contributed by atoms with Crippen molar-refractivity contribution in [1.29, 1.82) is 0 Å². The van der Waals surface area contributed by atoms with Crippen LogP contribution in [0.5, 0.6) is 5.75 Å². The van der Waals surface area contributed by atoms with Gasteiger partial charge in [0.1, 0.15) is 6.61 Å². The van der Waals surface area contributed by atoms with Gasteiger partial charge in [-0.1, -0.05) is 13.8 Å². The zero-order chi connectivity index (χ0) is 22.7. The highest BCUT2D eigenvalue weighted by molar-refractivity contribution is 6.21. The van der Waals surface area contributed by atoms with E-state index in [0.717, 1.165) is 17.0 Å². The van der Waals surface area contributed by atoms with Gasteiger partial charge in [0.15, 0.2) is 5.75 Å². The molecule has 12 nitrogen and oxygen atoms in total. The van der Waals surface area contributed by atoms with E-state index < -0.39 is 34.1 Å². The maximum absolute atomic E-state index is 12.2. The van der Waals surface area contributed by atoms with E-state index in [0.29, 0.717) is 0 Å². The van der Waals surface area contributed by atoms with Crippen LogP contribution in [0, 0.1) is 20.2 Å². The van der Waals surface area contributed by atoms with E-state index >= 15 is 0 Å². The predicted molar refractivity (Wildman–Crippen MR) is 106 cm³/mol. The third-order valence-corrected chi connectivity index (χ3v) is 3.91. The summed E-state index contributed by atoms with van der Waals surface area (Å²) in [6.07, 6.45) is 2.50. The summed E-state index contributed by atoms with van der Waals surface area (Å²) in [5, 5.41) is 23.4. The van der Waals surface area contributed by atoms with Gasteiger partial charge in [-0.15, -0.1) is 10.1 Å². The number of amides is 2. The van der Waals surface area contributed by atoms with E-state index in [1.54, 1.807) is 6.92 Å². The number of benzene rings is 1. The molecule has 30 heavy (non-hydrogen) atoms. The van der Waals surface area contributed by atoms with Crippen LogP contribution in [0.3, 0.4) is 0 Å². The number of carbonyl (C=O) groups is 2. The Morgan fingerprint density at radius 1 is 1.00 bits per heavy atom. The summed E-state index contributed by atoms with van der Waals surface area (Å²) in [4.78, 5) is 49.5. The summed E-state index contributed by atoms with van der Waals surface area (Å²) in [7, 11) is 0. The molecule has 0 fully saturated rings. The second-order valence-corrected chi connectivity index (χ2v) is 6.12. The summed E-state index contributed by atoms with van der Waals surface area (Å²) < 4.78 is 5.12. The molecule has 1 aliphatic heterocycles. The normalized spacial score (nSPS) is 12.2. The molecule has 0 aliphatic carbocycles. The van der Waals surface area contributed by atoms with E-state index in [-0.39, 0.29) is 30.0 Å². The van der Waals surface area contributed by atoms with Crippen molar-refractivity contribution in [3.8, 4) is 5.75 Å². The number of nitro groups is 1. The molecule has 166 valence electrons. The van der Waals surface area contributed by atoms with Crippen LogP contribution in [0.25, 0.3) is 0 Å². The van der Waals surface area contributed by atoms with E-state index in [4.69, 9.17) is 4.74 Å². The smallest absolute Gasteiger partial charge is 0.311 e. The zero-order valence-electron chi connectivity index (χ0n) is 17.2. The number of nitro benzene ring substituents is 1. The molecule has 12 heteroatoms. The van der Waals surface area contributed by atoms with Crippen molar-refractivity contribution in [3.05, 3.63) is 43.5 Å². The van der Waals surface area contributed by atoms with Crippen molar-refractivity contribution in [2.75, 3.05) is 32.8 Å². The van der Waals surface area contributed by atoms with Crippen molar-refractivity contribution >= 4 is 17.5 Å². The Morgan fingerprint density at radius 3 is 2.03 bits per heavy atom. The molecule has 0 aromatic heterocycles. The monoisotopic (exact) mass is 426 g/mol. The average Bonchev–Trinajstić information content (AvgIpc) is 2.92. The standard InChI is InChI=1S/C12H11N3O8.C6H15N/c1-2-22-10-6-8-7(5-9(10)14(18)19)11(16)13(12(8)17)3-4-23-15(20)21;1-3-5-7-6-4-2/h5-6H,2-4H2,1H3;7H,3-6H2,1-2H3. The van der Waals surface area contributed by atoms with Crippen molar-refractivity contribution < 1.29 is 29.2 Å².